The summed E-state index contributed by atoms with van der Waals surface area (Å²) in [5.41, 5.74) is 6.23. The van der Waals surface area contributed by atoms with Crippen molar-refractivity contribution in [2.75, 3.05) is 11.5 Å². The van der Waals surface area contributed by atoms with Crippen molar-refractivity contribution in [3.8, 4) is 0 Å². The third-order valence-corrected chi connectivity index (χ3v) is 5.47. The van der Waals surface area contributed by atoms with Crippen molar-refractivity contribution in [1.29, 1.82) is 0 Å². The van der Waals surface area contributed by atoms with Gasteiger partial charge in [-0.1, -0.05) is 12.8 Å². The summed E-state index contributed by atoms with van der Waals surface area (Å²) in [5, 5.41) is 2.94. The molecule has 1 saturated carbocycles. The van der Waals surface area contributed by atoms with Crippen LogP contribution in [0.4, 0.5) is 5.69 Å². The zero-order valence-corrected chi connectivity index (χ0v) is 12.9. The number of amides is 1. The van der Waals surface area contributed by atoms with Crippen LogP contribution in [0.5, 0.6) is 0 Å². The minimum atomic E-state index is -1.35. The predicted octanol–water partition coefficient (Wildman–Crippen LogP) is 2.20. The summed E-state index contributed by atoms with van der Waals surface area (Å²) < 4.78 is 12.8. The van der Waals surface area contributed by atoms with E-state index in [-0.39, 0.29) is 17.7 Å². The van der Waals surface area contributed by atoms with E-state index < -0.39 is 10.8 Å². The molecule has 6 heteroatoms. The zero-order chi connectivity index (χ0) is 13.8. The van der Waals surface area contributed by atoms with Gasteiger partial charge in [0.05, 0.1) is 15.7 Å². The molecular weight excluding hydrogens is 328 g/mol. The fourth-order valence-electron chi connectivity index (χ4n) is 2.24. The van der Waals surface area contributed by atoms with Crippen LogP contribution in [0.3, 0.4) is 0 Å². The van der Waals surface area contributed by atoms with Crippen LogP contribution in [-0.4, -0.2) is 21.9 Å². The number of carbonyl (C=O) groups excluding carboxylic acids is 1. The van der Waals surface area contributed by atoms with E-state index in [0.29, 0.717) is 15.1 Å². The molecule has 1 aromatic rings. The molecule has 0 bridgehead atoms. The van der Waals surface area contributed by atoms with Crippen molar-refractivity contribution >= 4 is 38.3 Å². The number of benzene rings is 1. The van der Waals surface area contributed by atoms with Crippen molar-refractivity contribution in [2.45, 2.75) is 36.6 Å². The number of nitrogens with one attached hydrogen (secondary N) is 1. The second kappa shape index (κ2) is 6.52. The van der Waals surface area contributed by atoms with Gasteiger partial charge in [0.15, 0.2) is 0 Å². The fourth-order valence-corrected chi connectivity index (χ4v) is 4.15. The number of nitrogen functional groups attached to an aromatic ring is 1. The molecule has 0 aliphatic heterocycles. The Balaban J connectivity index is 1.94. The SMILES string of the molecule is Nc1ccc(S(=O)CC(=O)NC2CCCC2)c(Br)c1. The fraction of sp³-hybridized carbons (Fsp3) is 0.462. The van der Waals surface area contributed by atoms with Crippen LogP contribution < -0.4 is 11.1 Å². The van der Waals surface area contributed by atoms with E-state index in [2.05, 4.69) is 21.2 Å². The Labute approximate surface area is 123 Å². The maximum absolute atomic E-state index is 12.1. The average molecular weight is 345 g/mol. The van der Waals surface area contributed by atoms with Gasteiger partial charge >= 0.3 is 0 Å². The molecule has 1 amide bonds. The van der Waals surface area contributed by atoms with E-state index in [4.69, 9.17) is 5.73 Å². The van der Waals surface area contributed by atoms with Gasteiger partial charge in [-0.05, 0) is 47.0 Å². The molecule has 0 aromatic heterocycles. The number of hydrogen-bond acceptors (Lipinski definition) is 3. The number of hydrogen-bond donors (Lipinski definition) is 2. The van der Waals surface area contributed by atoms with E-state index >= 15 is 0 Å². The molecule has 19 heavy (non-hydrogen) atoms. The number of halogens is 1. The molecule has 2 rings (SSSR count). The number of anilines is 1. The number of rotatable bonds is 4. The molecule has 0 saturated heterocycles. The third kappa shape index (κ3) is 4.04. The van der Waals surface area contributed by atoms with Gasteiger partial charge in [-0.2, -0.15) is 0 Å². The van der Waals surface area contributed by atoms with E-state index in [1.54, 1.807) is 18.2 Å². The topological polar surface area (TPSA) is 72.2 Å². The molecule has 0 radical (unpaired) electrons. The number of nitrogens with two attached hydrogens (primary N) is 1. The molecule has 1 aliphatic carbocycles. The van der Waals surface area contributed by atoms with Crippen molar-refractivity contribution < 1.29 is 9.00 Å². The monoisotopic (exact) mass is 344 g/mol. The van der Waals surface area contributed by atoms with Gasteiger partial charge in [-0.3, -0.25) is 9.00 Å². The lowest BCUT2D eigenvalue weighted by molar-refractivity contribution is -0.119. The quantitative estimate of drug-likeness (QED) is 0.822. The maximum atomic E-state index is 12.1. The minimum absolute atomic E-state index is 0.000974. The molecule has 1 atom stereocenters. The van der Waals surface area contributed by atoms with Crippen molar-refractivity contribution in [2.24, 2.45) is 0 Å². The lowest BCUT2D eigenvalue weighted by atomic mass is 10.2. The largest absolute Gasteiger partial charge is 0.399 e. The molecule has 1 aliphatic rings. The Morgan fingerprint density at radius 3 is 2.74 bits per heavy atom. The molecule has 1 fully saturated rings. The summed E-state index contributed by atoms with van der Waals surface area (Å²) in [5.74, 6) is -0.145. The summed E-state index contributed by atoms with van der Waals surface area (Å²) in [6.45, 7) is 0. The van der Waals surface area contributed by atoms with Crippen LogP contribution in [0.2, 0.25) is 0 Å². The van der Waals surface area contributed by atoms with Crippen molar-refractivity contribution in [3.05, 3.63) is 22.7 Å². The first-order chi connectivity index (χ1) is 9.06. The second-order valence-corrected chi connectivity index (χ2v) is 7.00. The highest BCUT2D eigenvalue weighted by atomic mass is 79.9. The third-order valence-electron chi connectivity index (χ3n) is 3.18. The zero-order valence-electron chi connectivity index (χ0n) is 10.5. The second-order valence-electron chi connectivity index (χ2n) is 4.73. The van der Waals surface area contributed by atoms with Crippen LogP contribution in [0.1, 0.15) is 25.7 Å². The average Bonchev–Trinajstić information content (AvgIpc) is 2.81. The number of carbonyl (C=O) groups is 1. The first-order valence-corrected chi connectivity index (χ1v) is 8.40. The molecule has 1 aromatic carbocycles. The first kappa shape index (κ1) is 14.5. The van der Waals surface area contributed by atoms with Crippen LogP contribution in [0.15, 0.2) is 27.6 Å². The highest BCUT2D eigenvalue weighted by molar-refractivity contribution is 9.10. The van der Waals surface area contributed by atoms with E-state index in [1.807, 2.05) is 0 Å². The normalized spacial score (nSPS) is 17.3. The summed E-state index contributed by atoms with van der Waals surface area (Å²) in [6, 6.07) is 5.34. The predicted molar refractivity (Wildman–Crippen MR) is 80.2 cm³/mol. The molecular formula is C13H17BrN2O2S. The Morgan fingerprint density at radius 1 is 1.42 bits per heavy atom. The van der Waals surface area contributed by atoms with Crippen molar-refractivity contribution in [3.63, 3.8) is 0 Å². The first-order valence-electron chi connectivity index (χ1n) is 6.29. The summed E-state index contributed by atoms with van der Waals surface area (Å²) in [6.07, 6.45) is 4.39. The summed E-state index contributed by atoms with van der Waals surface area (Å²) >= 11 is 3.32. The lowest BCUT2D eigenvalue weighted by Gasteiger charge is -2.12. The Bertz CT molecular complexity index is 501. The maximum Gasteiger partial charge on any atom is 0.233 e. The van der Waals surface area contributed by atoms with Gasteiger partial charge in [0.2, 0.25) is 5.91 Å². The molecule has 0 spiro atoms. The minimum Gasteiger partial charge on any atom is -0.399 e. The van der Waals surface area contributed by atoms with Crippen LogP contribution in [-0.2, 0) is 15.6 Å². The van der Waals surface area contributed by atoms with Gasteiger partial charge in [-0.25, -0.2) is 0 Å². The summed E-state index contributed by atoms with van der Waals surface area (Å²) in [4.78, 5) is 12.4. The summed E-state index contributed by atoms with van der Waals surface area (Å²) in [7, 11) is -1.35. The van der Waals surface area contributed by atoms with E-state index in [9.17, 15) is 9.00 Å². The molecule has 104 valence electrons. The van der Waals surface area contributed by atoms with Crippen LogP contribution in [0.25, 0.3) is 0 Å². The van der Waals surface area contributed by atoms with Gasteiger partial charge in [0, 0.05) is 16.2 Å². The van der Waals surface area contributed by atoms with E-state index in [1.165, 1.54) is 0 Å². The van der Waals surface area contributed by atoms with Crippen LogP contribution >= 0.6 is 15.9 Å². The highest BCUT2D eigenvalue weighted by Gasteiger charge is 2.19. The Hall–Kier alpha value is -0.880. The molecule has 4 nitrogen and oxygen atoms in total. The molecule has 3 N–H and O–H groups in total. The Morgan fingerprint density at radius 2 is 2.11 bits per heavy atom. The standard InChI is InChI=1S/C13H17BrN2O2S/c14-11-7-9(15)5-6-12(11)19(18)8-13(17)16-10-3-1-2-4-10/h5-7,10H,1-4,8,15H2,(H,16,17). The van der Waals surface area contributed by atoms with Gasteiger partial charge in [0.1, 0.15) is 5.75 Å². The smallest absolute Gasteiger partial charge is 0.233 e. The molecule has 0 heterocycles. The van der Waals surface area contributed by atoms with E-state index in [0.717, 1.165) is 25.7 Å². The van der Waals surface area contributed by atoms with Crippen LogP contribution in [0, 0.1) is 0 Å². The highest BCUT2D eigenvalue weighted by Crippen LogP contribution is 2.23. The lowest BCUT2D eigenvalue weighted by Crippen LogP contribution is -2.35. The van der Waals surface area contributed by atoms with Crippen molar-refractivity contribution in [1.82, 2.24) is 5.32 Å². The van der Waals surface area contributed by atoms with Gasteiger partial charge in [-0.15, -0.1) is 0 Å². The molecule has 1 unspecified atom stereocenters. The van der Waals surface area contributed by atoms with Gasteiger partial charge in [0.25, 0.3) is 0 Å². The Kier molecular flexibility index (Phi) is 4.99. The van der Waals surface area contributed by atoms with Gasteiger partial charge < -0.3 is 11.1 Å².